The van der Waals surface area contributed by atoms with Crippen LogP contribution < -0.4 is 0 Å². The molecule has 0 atom stereocenters. The highest BCUT2D eigenvalue weighted by Gasteiger charge is 2.02. The first-order valence-corrected chi connectivity index (χ1v) is 7.24. The van der Waals surface area contributed by atoms with Crippen molar-refractivity contribution < 1.29 is 9.59 Å². The number of hydrogen-bond acceptors (Lipinski definition) is 2. The van der Waals surface area contributed by atoms with Gasteiger partial charge in [0.2, 0.25) is 0 Å². The fourth-order valence-electron chi connectivity index (χ4n) is 1.96. The lowest BCUT2D eigenvalue weighted by molar-refractivity contribution is -0.104. The molecule has 0 spiro atoms. The number of carbonyl (C=O) groups excluding carboxylic acids is 2. The SMILES string of the molecule is O=CC=C(Cl)c1ccc(-c2ccc(C(Cl)=CC=O)cc2)cc1. The van der Waals surface area contributed by atoms with Crippen molar-refractivity contribution >= 4 is 45.8 Å². The molecule has 0 bridgehead atoms. The van der Waals surface area contributed by atoms with E-state index in [4.69, 9.17) is 23.2 Å². The minimum atomic E-state index is 0.405. The minimum absolute atomic E-state index is 0.405. The van der Waals surface area contributed by atoms with Gasteiger partial charge in [0.15, 0.2) is 0 Å². The average Bonchev–Trinajstić information content (AvgIpc) is 2.55. The molecule has 0 heterocycles. The number of halogens is 2. The molecule has 0 aliphatic heterocycles. The molecule has 2 aromatic rings. The molecule has 4 heteroatoms. The summed E-state index contributed by atoms with van der Waals surface area (Å²) in [5.41, 5.74) is 3.60. The Kier molecular flexibility index (Phi) is 5.70. The molecule has 2 nitrogen and oxygen atoms in total. The van der Waals surface area contributed by atoms with Gasteiger partial charge in [0.1, 0.15) is 12.6 Å². The van der Waals surface area contributed by atoms with Crippen molar-refractivity contribution in [1.29, 1.82) is 0 Å². The summed E-state index contributed by atoms with van der Waals surface area (Å²) in [6.07, 6.45) is 3.94. The van der Waals surface area contributed by atoms with Crippen molar-refractivity contribution in [3.63, 3.8) is 0 Å². The highest BCUT2D eigenvalue weighted by molar-refractivity contribution is 6.50. The summed E-state index contributed by atoms with van der Waals surface area (Å²) in [6.45, 7) is 0. The van der Waals surface area contributed by atoms with Crippen LogP contribution in [0.5, 0.6) is 0 Å². The van der Waals surface area contributed by atoms with Gasteiger partial charge in [-0.1, -0.05) is 71.7 Å². The van der Waals surface area contributed by atoms with Gasteiger partial charge >= 0.3 is 0 Å². The molecule has 0 amide bonds. The van der Waals surface area contributed by atoms with Gasteiger partial charge in [0.05, 0.1) is 10.1 Å². The van der Waals surface area contributed by atoms with E-state index in [-0.39, 0.29) is 0 Å². The lowest BCUT2D eigenvalue weighted by atomic mass is 10.0. The summed E-state index contributed by atoms with van der Waals surface area (Å²) in [7, 11) is 0. The number of carbonyl (C=O) groups is 2. The molecule has 110 valence electrons. The van der Waals surface area contributed by atoms with Crippen LogP contribution in [-0.2, 0) is 9.59 Å². The zero-order valence-electron chi connectivity index (χ0n) is 11.5. The van der Waals surface area contributed by atoms with Crippen LogP contribution in [0.4, 0.5) is 0 Å². The van der Waals surface area contributed by atoms with E-state index >= 15 is 0 Å². The van der Waals surface area contributed by atoms with Crippen LogP contribution in [0.15, 0.2) is 60.7 Å². The van der Waals surface area contributed by atoms with Crippen molar-refractivity contribution in [3.05, 3.63) is 71.8 Å². The number of aldehydes is 2. The van der Waals surface area contributed by atoms with Gasteiger partial charge in [-0.2, -0.15) is 0 Å². The molecule has 0 unspecified atom stereocenters. The maximum atomic E-state index is 10.4. The van der Waals surface area contributed by atoms with Crippen LogP contribution in [0.25, 0.3) is 21.2 Å². The molecule has 22 heavy (non-hydrogen) atoms. The van der Waals surface area contributed by atoms with Crippen LogP contribution in [-0.4, -0.2) is 12.6 Å². The molecule has 2 aromatic carbocycles. The molecule has 0 aliphatic carbocycles. The second kappa shape index (κ2) is 7.74. The smallest absolute Gasteiger partial charge is 0.144 e. The van der Waals surface area contributed by atoms with E-state index in [0.29, 0.717) is 22.6 Å². The normalized spacial score (nSPS) is 12.1. The average molecular weight is 331 g/mol. The predicted molar refractivity (Wildman–Crippen MR) is 91.7 cm³/mol. The molecule has 0 saturated carbocycles. The molecule has 0 saturated heterocycles. The third kappa shape index (κ3) is 3.94. The zero-order chi connectivity index (χ0) is 15.9. The van der Waals surface area contributed by atoms with E-state index in [1.165, 1.54) is 12.2 Å². The first-order valence-electron chi connectivity index (χ1n) is 6.49. The Hall–Kier alpha value is -2.16. The quantitative estimate of drug-likeness (QED) is 0.576. The third-order valence-corrected chi connectivity index (χ3v) is 3.77. The van der Waals surface area contributed by atoms with Gasteiger partial charge < -0.3 is 0 Å². The summed E-state index contributed by atoms with van der Waals surface area (Å²) in [5, 5.41) is 0.811. The maximum absolute atomic E-state index is 10.4. The van der Waals surface area contributed by atoms with Gasteiger partial charge in [-0.25, -0.2) is 0 Å². The monoisotopic (exact) mass is 330 g/mol. The lowest BCUT2D eigenvalue weighted by Gasteiger charge is -2.05. The third-order valence-electron chi connectivity index (χ3n) is 3.08. The number of hydrogen-bond donors (Lipinski definition) is 0. The molecule has 0 aromatic heterocycles. The van der Waals surface area contributed by atoms with Crippen LogP contribution in [0.2, 0.25) is 0 Å². The largest absolute Gasteiger partial charge is 0.299 e. The summed E-state index contributed by atoms with van der Waals surface area (Å²) >= 11 is 11.9. The van der Waals surface area contributed by atoms with Crippen molar-refractivity contribution in [2.75, 3.05) is 0 Å². The van der Waals surface area contributed by atoms with E-state index in [9.17, 15) is 9.59 Å². The van der Waals surface area contributed by atoms with Crippen molar-refractivity contribution in [1.82, 2.24) is 0 Å². The highest BCUT2D eigenvalue weighted by atomic mass is 35.5. The standard InChI is InChI=1S/C18H12Cl2O2/c19-17(9-11-21)15-5-1-13(2-6-15)14-3-7-16(8-4-14)18(20)10-12-22/h1-12H. The second-order valence-corrected chi connectivity index (χ2v) is 5.27. The van der Waals surface area contributed by atoms with E-state index < -0.39 is 0 Å². The summed E-state index contributed by atoms with van der Waals surface area (Å²) in [6, 6.07) is 15.1. The molecule has 2 rings (SSSR count). The summed E-state index contributed by atoms with van der Waals surface area (Å²) < 4.78 is 0. The number of allylic oxidation sites excluding steroid dienone is 2. The molecule has 0 N–H and O–H groups in total. The Morgan fingerprint density at radius 1 is 0.636 bits per heavy atom. The first kappa shape index (κ1) is 16.2. The van der Waals surface area contributed by atoms with Gasteiger partial charge in [-0.05, 0) is 34.4 Å². The Bertz CT molecular complexity index is 661. The maximum Gasteiger partial charge on any atom is 0.144 e. The van der Waals surface area contributed by atoms with E-state index in [1.54, 1.807) is 0 Å². The van der Waals surface area contributed by atoms with Crippen LogP contribution in [0, 0.1) is 0 Å². The number of rotatable bonds is 5. The molecule has 0 fully saturated rings. The first-order chi connectivity index (χ1) is 10.7. The van der Waals surface area contributed by atoms with Gasteiger partial charge in [-0.3, -0.25) is 9.59 Å². The van der Waals surface area contributed by atoms with E-state index in [0.717, 1.165) is 22.3 Å². The fraction of sp³-hybridized carbons (Fsp3) is 0. The Labute approximate surface area is 138 Å². The Morgan fingerprint density at radius 2 is 0.955 bits per heavy atom. The Morgan fingerprint density at radius 3 is 1.23 bits per heavy atom. The van der Waals surface area contributed by atoms with Crippen molar-refractivity contribution in [2.24, 2.45) is 0 Å². The second-order valence-electron chi connectivity index (χ2n) is 4.46. The highest BCUT2D eigenvalue weighted by Crippen LogP contribution is 2.26. The van der Waals surface area contributed by atoms with Gasteiger partial charge in [0, 0.05) is 0 Å². The van der Waals surface area contributed by atoms with E-state index in [1.807, 2.05) is 48.5 Å². The van der Waals surface area contributed by atoms with Crippen LogP contribution >= 0.6 is 23.2 Å². The van der Waals surface area contributed by atoms with Crippen molar-refractivity contribution in [2.45, 2.75) is 0 Å². The predicted octanol–water partition coefficient (Wildman–Crippen LogP) is 4.91. The fourth-order valence-corrected chi connectivity index (χ4v) is 2.31. The van der Waals surface area contributed by atoms with Crippen molar-refractivity contribution in [3.8, 4) is 11.1 Å². The number of benzene rings is 2. The lowest BCUT2D eigenvalue weighted by Crippen LogP contribution is -1.83. The summed E-state index contributed by atoms with van der Waals surface area (Å²) in [4.78, 5) is 20.8. The van der Waals surface area contributed by atoms with Gasteiger partial charge in [-0.15, -0.1) is 0 Å². The molecular weight excluding hydrogens is 319 g/mol. The topological polar surface area (TPSA) is 34.1 Å². The Balaban J connectivity index is 2.25. The van der Waals surface area contributed by atoms with Gasteiger partial charge in [0.25, 0.3) is 0 Å². The molecule has 0 aliphatic rings. The van der Waals surface area contributed by atoms with Crippen LogP contribution in [0.1, 0.15) is 11.1 Å². The van der Waals surface area contributed by atoms with Crippen LogP contribution in [0.3, 0.4) is 0 Å². The summed E-state index contributed by atoms with van der Waals surface area (Å²) in [5.74, 6) is 0. The molecule has 0 radical (unpaired) electrons. The zero-order valence-corrected chi connectivity index (χ0v) is 13.0. The molecular formula is C18H12Cl2O2. The van der Waals surface area contributed by atoms with E-state index in [2.05, 4.69) is 0 Å². The minimum Gasteiger partial charge on any atom is -0.299 e.